The van der Waals surface area contributed by atoms with E-state index >= 15 is 0 Å². The highest BCUT2D eigenvalue weighted by Gasteiger charge is 2.33. The molecule has 0 saturated heterocycles. The van der Waals surface area contributed by atoms with Gasteiger partial charge in [-0.15, -0.1) is 0 Å². The molecule has 0 aliphatic heterocycles. The highest BCUT2D eigenvalue weighted by atomic mass is 19.4. The van der Waals surface area contributed by atoms with E-state index < -0.39 is 11.9 Å². The van der Waals surface area contributed by atoms with Crippen molar-refractivity contribution in [2.75, 3.05) is 18.5 Å². The van der Waals surface area contributed by atoms with Gasteiger partial charge in [-0.05, 0) is 18.9 Å². The number of nitrogens with one attached hydrogen (secondary N) is 1. The molecule has 1 heterocycles. The highest BCUT2D eigenvalue weighted by Crippen LogP contribution is 2.27. The molecule has 0 radical (unpaired) electrons. The van der Waals surface area contributed by atoms with Crippen molar-refractivity contribution < 1.29 is 17.9 Å². The van der Waals surface area contributed by atoms with Gasteiger partial charge in [-0.25, -0.2) is 9.97 Å². The molecule has 0 aliphatic carbocycles. The summed E-state index contributed by atoms with van der Waals surface area (Å²) in [6.45, 7) is 6.70. The third-order valence-electron chi connectivity index (χ3n) is 2.57. The Balaban J connectivity index is 2.79. The zero-order valence-electron chi connectivity index (χ0n) is 11.2. The van der Waals surface area contributed by atoms with E-state index in [2.05, 4.69) is 15.3 Å². The van der Waals surface area contributed by atoms with Gasteiger partial charge in [0.15, 0.2) is 0 Å². The van der Waals surface area contributed by atoms with E-state index in [1.54, 1.807) is 0 Å². The van der Waals surface area contributed by atoms with Crippen LogP contribution in [0, 0.1) is 5.92 Å². The predicted octanol–water partition coefficient (Wildman–Crippen LogP) is 2.97. The third-order valence-corrected chi connectivity index (χ3v) is 2.57. The van der Waals surface area contributed by atoms with Gasteiger partial charge in [-0.3, -0.25) is 0 Å². The zero-order chi connectivity index (χ0) is 14.5. The Morgan fingerprint density at radius 3 is 2.58 bits per heavy atom. The lowest BCUT2D eigenvalue weighted by atomic mass is 10.1. The van der Waals surface area contributed by atoms with E-state index in [-0.39, 0.29) is 17.9 Å². The van der Waals surface area contributed by atoms with E-state index in [4.69, 9.17) is 4.74 Å². The summed E-state index contributed by atoms with van der Waals surface area (Å²) in [6.07, 6.45) is -3.37. The first kappa shape index (κ1) is 15.7. The number of hydrogen-bond donors (Lipinski definition) is 1. The summed E-state index contributed by atoms with van der Waals surface area (Å²) >= 11 is 0. The molecule has 0 aliphatic rings. The molecule has 19 heavy (non-hydrogen) atoms. The molecule has 0 bridgehead atoms. The van der Waals surface area contributed by atoms with Gasteiger partial charge in [-0.2, -0.15) is 13.2 Å². The van der Waals surface area contributed by atoms with Crippen LogP contribution in [0.4, 0.5) is 19.1 Å². The topological polar surface area (TPSA) is 47.0 Å². The maximum Gasteiger partial charge on any atom is 0.433 e. The number of aromatic nitrogens is 2. The van der Waals surface area contributed by atoms with Crippen LogP contribution in [0.25, 0.3) is 0 Å². The third kappa shape index (κ3) is 5.02. The predicted molar refractivity (Wildman–Crippen MR) is 65.8 cm³/mol. The molecule has 0 fully saturated rings. The Morgan fingerprint density at radius 1 is 1.37 bits per heavy atom. The molecule has 7 heteroatoms. The maximum absolute atomic E-state index is 12.5. The monoisotopic (exact) mass is 277 g/mol. The molecule has 0 spiro atoms. The Labute approximate surface area is 110 Å². The van der Waals surface area contributed by atoms with E-state index in [0.717, 1.165) is 12.3 Å². The molecule has 1 aromatic rings. The number of hydrogen-bond acceptors (Lipinski definition) is 4. The molecular formula is C12H18F3N3O. The fourth-order valence-corrected chi connectivity index (χ4v) is 1.40. The summed E-state index contributed by atoms with van der Waals surface area (Å²) in [5.41, 5.74) is -0.955. The smallest absolute Gasteiger partial charge is 0.380 e. The van der Waals surface area contributed by atoms with Crippen LogP contribution in [-0.4, -0.2) is 29.2 Å². The molecule has 4 nitrogen and oxygen atoms in total. The highest BCUT2D eigenvalue weighted by molar-refractivity contribution is 5.27. The Morgan fingerprint density at radius 2 is 2.05 bits per heavy atom. The number of halogens is 3. The molecule has 1 aromatic heterocycles. The van der Waals surface area contributed by atoms with Gasteiger partial charge < -0.3 is 10.1 Å². The van der Waals surface area contributed by atoms with Crippen molar-refractivity contribution in [3.05, 3.63) is 18.0 Å². The maximum atomic E-state index is 12.5. The normalized spacial score (nSPS) is 13.6. The van der Waals surface area contributed by atoms with Crippen molar-refractivity contribution in [3.8, 4) is 0 Å². The Kier molecular flexibility index (Phi) is 5.53. The molecule has 0 amide bonds. The molecule has 1 N–H and O–H groups in total. The van der Waals surface area contributed by atoms with Crippen molar-refractivity contribution in [3.63, 3.8) is 0 Å². The SMILES string of the molecule is CCOCC(Nc1nccc(C(F)(F)F)n1)C(C)C. The average molecular weight is 277 g/mol. The zero-order valence-corrected chi connectivity index (χ0v) is 11.2. The van der Waals surface area contributed by atoms with Crippen LogP contribution in [0.3, 0.4) is 0 Å². The van der Waals surface area contributed by atoms with Crippen molar-refractivity contribution in [2.24, 2.45) is 5.92 Å². The number of alkyl halides is 3. The number of nitrogens with zero attached hydrogens (tertiary/aromatic N) is 2. The second-order valence-electron chi connectivity index (χ2n) is 4.42. The lowest BCUT2D eigenvalue weighted by Gasteiger charge is -2.22. The Bertz CT molecular complexity index is 396. The van der Waals surface area contributed by atoms with Gasteiger partial charge in [0.2, 0.25) is 5.95 Å². The largest absolute Gasteiger partial charge is 0.433 e. The van der Waals surface area contributed by atoms with Gasteiger partial charge >= 0.3 is 6.18 Å². The van der Waals surface area contributed by atoms with Gasteiger partial charge in [0.1, 0.15) is 5.69 Å². The first-order chi connectivity index (χ1) is 8.84. The summed E-state index contributed by atoms with van der Waals surface area (Å²) in [5, 5.41) is 2.88. The number of ether oxygens (including phenoxy) is 1. The van der Waals surface area contributed by atoms with Crippen LogP contribution in [0.5, 0.6) is 0 Å². The van der Waals surface area contributed by atoms with E-state index in [1.165, 1.54) is 0 Å². The van der Waals surface area contributed by atoms with E-state index in [0.29, 0.717) is 13.2 Å². The van der Waals surface area contributed by atoms with Crippen LogP contribution in [-0.2, 0) is 10.9 Å². The molecule has 108 valence electrons. The summed E-state index contributed by atoms with van der Waals surface area (Å²) in [4.78, 5) is 7.28. The summed E-state index contributed by atoms with van der Waals surface area (Å²) in [5.74, 6) is 0.151. The van der Waals surface area contributed by atoms with Gasteiger partial charge in [-0.1, -0.05) is 13.8 Å². The molecule has 1 atom stereocenters. The quantitative estimate of drug-likeness (QED) is 0.868. The molecule has 1 rings (SSSR count). The van der Waals surface area contributed by atoms with Crippen LogP contribution in [0.1, 0.15) is 26.5 Å². The number of anilines is 1. The second kappa shape index (κ2) is 6.70. The first-order valence-corrected chi connectivity index (χ1v) is 6.09. The van der Waals surface area contributed by atoms with Crippen molar-refractivity contribution in [2.45, 2.75) is 33.0 Å². The standard InChI is InChI=1S/C12H18F3N3O/c1-4-19-7-9(8(2)3)17-11-16-6-5-10(18-11)12(13,14)15/h5-6,8-9H,4,7H2,1-3H3,(H,16,17,18). The van der Waals surface area contributed by atoms with Crippen LogP contribution < -0.4 is 5.32 Å². The molecule has 0 aromatic carbocycles. The first-order valence-electron chi connectivity index (χ1n) is 6.09. The molecule has 1 unspecified atom stereocenters. The van der Waals surface area contributed by atoms with Crippen LogP contribution >= 0.6 is 0 Å². The fraction of sp³-hybridized carbons (Fsp3) is 0.667. The van der Waals surface area contributed by atoms with Gasteiger partial charge in [0, 0.05) is 12.8 Å². The minimum Gasteiger partial charge on any atom is -0.380 e. The minimum absolute atomic E-state index is 0.0340. The summed E-state index contributed by atoms with van der Waals surface area (Å²) in [7, 11) is 0. The van der Waals surface area contributed by atoms with Crippen molar-refractivity contribution in [1.82, 2.24) is 9.97 Å². The Hall–Kier alpha value is -1.37. The minimum atomic E-state index is -4.47. The van der Waals surface area contributed by atoms with Crippen molar-refractivity contribution >= 4 is 5.95 Å². The molecule has 0 saturated carbocycles. The van der Waals surface area contributed by atoms with Crippen molar-refractivity contribution in [1.29, 1.82) is 0 Å². The van der Waals surface area contributed by atoms with E-state index in [9.17, 15) is 13.2 Å². The van der Waals surface area contributed by atoms with Crippen LogP contribution in [0.2, 0.25) is 0 Å². The van der Waals surface area contributed by atoms with Gasteiger partial charge in [0.05, 0.1) is 12.6 Å². The summed E-state index contributed by atoms with van der Waals surface area (Å²) in [6, 6.07) is 0.710. The average Bonchev–Trinajstić information content (AvgIpc) is 2.33. The lowest BCUT2D eigenvalue weighted by Crippen LogP contribution is -2.32. The van der Waals surface area contributed by atoms with E-state index in [1.807, 2.05) is 20.8 Å². The summed E-state index contributed by atoms with van der Waals surface area (Å²) < 4.78 is 42.9. The second-order valence-corrected chi connectivity index (χ2v) is 4.42. The fourth-order valence-electron chi connectivity index (χ4n) is 1.40. The lowest BCUT2D eigenvalue weighted by molar-refractivity contribution is -0.141. The molecular weight excluding hydrogens is 259 g/mol. The number of rotatable bonds is 6. The van der Waals surface area contributed by atoms with Crippen LogP contribution in [0.15, 0.2) is 12.3 Å². The van der Waals surface area contributed by atoms with Gasteiger partial charge in [0.25, 0.3) is 0 Å².